The summed E-state index contributed by atoms with van der Waals surface area (Å²) in [5.41, 5.74) is 15.6. The molecule has 2 nitrogen and oxygen atoms in total. The minimum Gasteiger partial charge on any atom is -0.313 e. The monoisotopic (exact) mass is 744 g/mol. The van der Waals surface area contributed by atoms with E-state index in [0.717, 1.165) is 24.9 Å². The summed E-state index contributed by atoms with van der Waals surface area (Å²) in [7, 11) is 0. The Kier molecular flexibility index (Phi) is 8.25. The highest BCUT2D eigenvalue weighted by Crippen LogP contribution is 2.60. The fourth-order valence-electron chi connectivity index (χ4n) is 10.8. The van der Waals surface area contributed by atoms with Gasteiger partial charge in [-0.15, -0.1) is 0 Å². The molecule has 2 aliphatic heterocycles. The molecule has 2 heteroatoms. The van der Waals surface area contributed by atoms with Gasteiger partial charge in [0.2, 0.25) is 0 Å². The molecule has 58 heavy (non-hydrogen) atoms. The Morgan fingerprint density at radius 2 is 0.966 bits per heavy atom. The van der Waals surface area contributed by atoms with Crippen molar-refractivity contribution in [2.24, 2.45) is 5.92 Å². The lowest BCUT2D eigenvalue weighted by Crippen LogP contribution is -2.44. The topological polar surface area (TPSA) is 6.48 Å². The fraction of sp³-hybridized carbons (Fsp3) is 0.107. The van der Waals surface area contributed by atoms with E-state index in [4.69, 9.17) is 0 Å². The Morgan fingerprint density at radius 3 is 1.55 bits per heavy atom. The van der Waals surface area contributed by atoms with Crippen molar-refractivity contribution in [2.75, 3.05) is 9.80 Å². The molecule has 4 aliphatic rings. The summed E-state index contributed by atoms with van der Waals surface area (Å²) in [5, 5.41) is 0. The number of anilines is 5. The molecule has 0 bridgehead atoms. The highest BCUT2D eigenvalue weighted by molar-refractivity contribution is 5.91. The van der Waals surface area contributed by atoms with Crippen LogP contribution in [0, 0.1) is 5.92 Å². The van der Waals surface area contributed by atoms with E-state index in [1.54, 1.807) is 0 Å². The van der Waals surface area contributed by atoms with E-state index in [1.807, 2.05) is 0 Å². The first-order valence-corrected chi connectivity index (χ1v) is 20.7. The van der Waals surface area contributed by atoms with Gasteiger partial charge in [-0.1, -0.05) is 188 Å². The number of para-hydroxylation sites is 3. The van der Waals surface area contributed by atoms with Crippen molar-refractivity contribution in [3.05, 3.63) is 269 Å². The molecule has 11 rings (SSSR count). The summed E-state index contributed by atoms with van der Waals surface area (Å²) >= 11 is 0. The first kappa shape index (κ1) is 34.4. The SMILES string of the molecule is C1=CCC(C2(c3ccccc3)C3=C(CCC=C3)N(c3cccc(N4c5ccccc5C(c5ccccc5)(c5ccccc5)c5ccccc54)c3)c3ccccc32)C=C1. The molecule has 0 amide bonds. The average Bonchev–Trinajstić information content (AvgIpc) is 3.31. The van der Waals surface area contributed by atoms with Gasteiger partial charge in [-0.2, -0.15) is 0 Å². The van der Waals surface area contributed by atoms with Gasteiger partial charge in [0.05, 0.1) is 27.9 Å². The number of fused-ring (bicyclic) bond motifs is 3. The minimum atomic E-state index is -0.507. The molecule has 0 saturated heterocycles. The quantitative estimate of drug-likeness (QED) is 0.167. The zero-order chi connectivity index (χ0) is 38.5. The van der Waals surface area contributed by atoms with Crippen molar-refractivity contribution in [3.8, 4) is 0 Å². The van der Waals surface area contributed by atoms with E-state index in [0.29, 0.717) is 0 Å². The van der Waals surface area contributed by atoms with Gasteiger partial charge < -0.3 is 9.80 Å². The average molecular weight is 745 g/mol. The van der Waals surface area contributed by atoms with Crippen molar-refractivity contribution >= 4 is 28.4 Å². The van der Waals surface area contributed by atoms with Crippen molar-refractivity contribution in [2.45, 2.75) is 30.1 Å². The lowest BCUT2D eigenvalue weighted by atomic mass is 9.57. The molecule has 7 aromatic carbocycles. The van der Waals surface area contributed by atoms with E-state index in [2.05, 4.69) is 234 Å². The van der Waals surface area contributed by atoms with E-state index in [9.17, 15) is 0 Å². The van der Waals surface area contributed by atoms with Gasteiger partial charge in [0, 0.05) is 17.1 Å². The molecular formula is C56H44N2. The summed E-state index contributed by atoms with van der Waals surface area (Å²) in [6.45, 7) is 0. The van der Waals surface area contributed by atoms with E-state index in [-0.39, 0.29) is 11.3 Å². The van der Waals surface area contributed by atoms with Gasteiger partial charge in [0.1, 0.15) is 0 Å². The van der Waals surface area contributed by atoms with Crippen LogP contribution in [-0.4, -0.2) is 0 Å². The van der Waals surface area contributed by atoms with E-state index >= 15 is 0 Å². The lowest BCUT2D eigenvalue weighted by Gasteiger charge is -2.51. The fourth-order valence-corrected chi connectivity index (χ4v) is 10.8. The molecule has 0 spiro atoms. The lowest BCUT2D eigenvalue weighted by molar-refractivity contribution is 0.435. The third-order valence-corrected chi connectivity index (χ3v) is 13.0. The van der Waals surface area contributed by atoms with Crippen LogP contribution in [0.4, 0.5) is 28.4 Å². The highest BCUT2D eigenvalue weighted by atomic mass is 15.2. The Morgan fingerprint density at radius 1 is 0.448 bits per heavy atom. The van der Waals surface area contributed by atoms with E-state index < -0.39 is 5.41 Å². The van der Waals surface area contributed by atoms with Gasteiger partial charge in [0.25, 0.3) is 0 Å². The predicted molar refractivity (Wildman–Crippen MR) is 241 cm³/mol. The number of allylic oxidation sites excluding steroid dienone is 8. The summed E-state index contributed by atoms with van der Waals surface area (Å²) in [5.74, 6) is 0.276. The van der Waals surface area contributed by atoms with Crippen molar-refractivity contribution in [3.63, 3.8) is 0 Å². The van der Waals surface area contributed by atoms with Gasteiger partial charge in [-0.25, -0.2) is 0 Å². The molecule has 2 unspecified atom stereocenters. The van der Waals surface area contributed by atoms with Gasteiger partial charge in [0.15, 0.2) is 0 Å². The van der Waals surface area contributed by atoms with Gasteiger partial charge >= 0.3 is 0 Å². The second kappa shape index (κ2) is 13.9. The summed E-state index contributed by atoms with van der Waals surface area (Å²) < 4.78 is 0. The molecule has 0 aromatic heterocycles. The third-order valence-electron chi connectivity index (χ3n) is 13.0. The summed E-state index contributed by atoms with van der Waals surface area (Å²) in [4.78, 5) is 5.08. The Labute approximate surface area is 342 Å². The van der Waals surface area contributed by atoms with Crippen LogP contribution in [0.1, 0.15) is 52.6 Å². The predicted octanol–water partition coefficient (Wildman–Crippen LogP) is 14.0. The molecule has 2 heterocycles. The van der Waals surface area contributed by atoms with Crippen LogP contribution < -0.4 is 9.80 Å². The van der Waals surface area contributed by atoms with E-state index in [1.165, 1.54) is 67.4 Å². The second-order valence-electron chi connectivity index (χ2n) is 15.9. The maximum Gasteiger partial charge on any atom is 0.0742 e. The Bertz CT molecular complexity index is 2690. The molecular weight excluding hydrogens is 701 g/mol. The zero-order valence-corrected chi connectivity index (χ0v) is 32.5. The van der Waals surface area contributed by atoms with Crippen LogP contribution in [0.3, 0.4) is 0 Å². The highest BCUT2D eigenvalue weighted by Gasteiger charge is 2.50. The van der Waals surface area contributed by atoms with Crippen LogP contribution in [-0.2, 0) is 10.8 Å². The maximum atomic E-state index is 2.58. The molecule has 278 valence electrons. The normalized spacial score (nSPS) is 19.9. The van der Waals surface area contributed by atoms with Crippen LogP contribution in [0.5, 0.6) is 0 Å². The van der Waals surface area contributed by atoms with Crippen LogP contribution in [0.25, 0.3) is 0 Å². The Balaban J connectivity index is 1.13. The third kappa shape index (κ3) is 4.98. The molecule has 0 fully saturated rings. The number of hydrogen-bond acceptors (Lipinski definition) is 2. The molecule has 0 N–H and O–H groups in total. The number of benzene rings is 7. The molecule has 0 radical (unpaired) electrons. The number of rotatable bonds is 6. The molecule has 7 aromatic rings. The van der Waals surface area contributed by atoms with Crippen molar-refractivity contribution in [1.82, 2.24) is 0 Å². The molecule has 0 saturated carbocycles. The smallest absolute Gasteiger partial charge is 0.0742 e. The molecule has 2 atom stereocenters. The van der Waals surface area contributed by atoms with Crippen molar-refractivity contribution in [1.29, 1.82) is 0 Å². The summed E-state index contributed by atoms with van der Waals surface area (Å²) in [6.07, 6.45) is 17.1. The van der Waals surface area contributed by atoms with Crippen LogP contribution in [0.2, 0.25) is 0 Å². The maximum absolute atomic E-state index is 2.58. The van der Waals surface area contributed by atoms with Gasteiger partial charge in [-0.05, 0) is 101 Å². The van der Waals surface area contributed by atoms with Crippen LogP contribution in [0.15, 0.2) is 236 Å². The largest absolute Gasteiger partial charge is 0.313 e. The summed E-state index contributed by atoms with van der Waals surface area (Å²) in [6, 6.07) is 69.9. The number of nitrogens with zero attached hydrogens (tertiary/aromatic N) is 2. The standard InChI is InChI=1S/C56H44N2/c1-5-22-41(23-6-1)55(42-24-7-2-8-25-42)47-32-13-17-36-51(47)57(52-37-18-14-33-48(52)55)45-30-21-31-46(40-45)58-53-38-19-15-34-49(53)56(43-26-9-3-10-27-43,44-28-11-4-12-29-44)50-35-16-20-39-54(50)58/h1-19,21-28,30-38,40,44H,20,29,39H2. The molecule has 2 aliphatic carbocycles. The van der Waals surface area contributed by atoms with Gasteiger partial charge in [-0.3, -0.25) is 0 Å². The van der Waals surface area contributed by atoms with Crippen LogP contribution >= 0.6 is 0 Å². The van der Waals surface area contributed by atoms with Crippen molar-refractivity contribution < 1.29 is 0 Å². The Hall–Kier alpha value is -6.90. The minimum absolute atomic E-state index is 0.276. The first-order valence-electron chi connectivity index (χ1n) is 20.7. The second-order valence-corrected chi connectivity index (χ2v) is 15.9. The first-order chi connectivity index (χ1) is 28.8. The zero-order valence-electron chi connectivity index (χ0n) is 32.5. The number of hydrogen-bond donors (Lipinski definition) is 0.